The van der Waals surface area contributed by atoms with Gasteiger partial charge in [-0.15, -0.1) is 0 Å². The lowest BCUT2D eigenvalue weighted by atomic mass is 10.1. The van der Waals surface area contributed by atoms with Crippen molar-refractivity contribution in [3.05, 3.63) is 12.2 Å². The van der Waals surface area contributed by atoms with Gasteiger partial charge in [0, 0.05) is 12.2 Å². The molecule has 0 saturated carbocycles. The molecule has 2 N–H and O–H groups in total. The van der Waals surface area contributed by atoms with E-state index in [1.165, 1.54) is 12.2 Å². The van der Waals surface area contributed by atoms with Gasteiger partial charge in [0.05, 0.1) is 6.04 Å². The molecule has 1 rings (SSSR count). The zero-order chi connectivity index (χ0) is 11.3. The van der Waals surface area contributed by atoms with Crippen molar-refractivity contribution in [2.24, 2.45) is 5.73 Å². The molecule has 0 radical (unpaired) electrons. The number of nitrogens with two attached hydrogens (primary N) is 1. The maximum absolute atomic E-state index is 11.3. The summed E-state index contributed by atoms with van der Waals surface area (Å²) in [4.78, 5) is 34.3. The Kier molecular flexibility index (Phi) is 4.17. The van der Waals surface area contributed by atoms with E-state index in [9.17, 15) is 14.4 Å². The van der Waals surface area contributed by atoms with Crippen molar-refractivity contribution in [1.82, 2.24) is 4.90 Å². The monoisotopic (exact) mass is 210 g/mol. The van der Waals surface area contributed by atoms with Crippen LogP contribution in [-0.4, -0.2) is 35.6 Å². The zero-order valence-electron chi connectivity index (χ0n) is 8.39. The molecule has 1 atom stereocenters. The van der Waals surface area contributed by atoms with Gasteiger partial charge < -0.3 is 10.5 Å². The third-order valence-corrected chi connectivity index (χ3v) is 2.29. The second kappa shape index (κ2) is 5.41. The number of rotatable bonds is 6. The van der Waals surface area contributed by atoms with Crippen molar-refractivity contribution >= 4 is 18.1 Å². The summed E-state index contributed by atoms with van der Waals surface area (Å²) < 4.78 is 0. The number of nitrogens with zero attached hydrogens (tertiary/aromatic N) is 1. The summed E-state index contributed by atoms with van der Waals surface area (Å²) in [5.41, 5.74) is 5.32. The van der Waals surface area contributed by atoms with Crippen molar-refractivity contribution < 1.29 is 14.4 Å². The molecule has 1 heterocycles. The lowest BCUT2D eigenvalue weighted by Gasteiger charge is -2.20. The van der Waals surface area contributed by atoms with Crippen molar-refractivity contribution in [2.75, 3.05) is 6.54 Å². The number of hydrogen-bond donors (Lipinski definition) is 1. The number of aldehydes is 1. The Morgan fingerprint density at radius 1 is 1.27 bits per heavy atom. The summed E-state index contributed by atoms with van der Waals surface area (Å²) in [6, 6.07) is -0.647. The lowest BCUT2D eigenvalue weighted by Crippen LogP contribution is -2.41. The molecule has 1 aliphatic rings. The van der Waals surface area contributed by atoms with Gasteiger partial charge in [-0.1, -0.05) is 0 Å². The Balaban J connectivity index is 2.54. The maximum atomic E-state index is 11.3. The first-order valence-electron chi connectivity index (χ1n) is 4.91. The van der Waals surface area contributed by atoms with E-state index in [4.69, 9.17) is 5.73 Å². The molecule has 0 aromatic heterocycles. The molecular weight excluding hydrogens is 196 g/mol. The predicted molar refractivity (Wildman–Crippen MR) is 53.8 cm³/mol. The highest BCUT2D eigenvalue weighted by Crippen LogP contribution is 2.12. The molecule has 5 heteroatoms. The van der Waals surface area contributed by atoms with E-state index in [2.05, 4.69) is 0 Å². The van der Waals surface area contributed by atoms with E-state index in [-0.39, 0.29) is 0 Å². The third kappa shape index (κ3) is 2.73. The molecule has 15 heavy (non-hydrogen) atoms. The summed E-state index contributed by atoms with van der Waals surface area (Å²) >= 11 is 0. The first-order chi connectivity index (χ1) is 7.20. The first-order valence-corrected chi connectivity index (χ1v) is 4.91. The Morgan fingerprint density at radius 2 is 1.87 bits per heavy atom. The van der Waals surface area contributed by atoms with Crippen molar-refractivity contribution in [3.8, 4) is 0 Å². The number of hydrogen-bond acceptors (Lipinski definition) is 4. The number of carbonyl (C=O) groups is 3. The average molecular weight is 210 g/mol. The van der Waals surface area contributed by atoms with Crippen LogP contribution in [0.25, 0.3) is 0 Å². The Hall–Kier alpha value is -1.49. The summed E-state index contributed by atoms with van der Waals surface area (Å²) in [6.07, 6.45) is 5.01. The van der Waals surface area contributed by atoms with Gasteiger partial charge in [-0.2, -0.15) is 0 Å². The quantitative estimate of drug-likeness (QED) is 0.368. The van der Waals surface area contributed by atoms with E-state index in [0.29, 0.717) is 19.3 Å². The SMILES string of the molecule is NCCCCC(C=O)N1C(=O)C=CC1=O. The molecule has 0 aliphatic carbocycles. The first kappa shape index (κ1) is 11.6. The average Bonchev–Trinajstić information content (AvgIpc) is 2.55. The van der Waals surface area contributed by atoms with Gasteiger partial charge >= 0.3 is 0 Å². The minimum absolute atomic E-state index is 0.412. The molecule has 0 aromatic carbocycles. The third-order valence-electron chi connectivity index (χ3n) is 2.29. The van der Waals surface area contributed by atoms with Crippen molar-refractivity contribution in [3.63, 3.8) is 0 Å². The molecule has 82 valence electrons. The maximum Gasteiger partial charge on any atom is 0.254 e. The molecule has 5 nitrogen and oxygen atoms in total. The fourth-order valence-corrected chi connectivity index (χ4v) is 1.49. The summed E-state index contributed by atoms with van der Waals surface area (Å²) in [6.45, 7) is 0.547. The molecular formula is C10H14N2O3. The van der Waals surface area contributed by atoms with Gasteiger partial charge in [0.1, 0.15) is 6.29 Å². The second-order valence-electron chi connectivity index (χ2n) is 3.37. The Bertz CT molecular complexity index is 281. The Morgan fingerprint density at radius 3 is 2.33 bits per heavy atom. The highest BCUT2D eigenvalue weighted by molar-refractivity contribution is 6.14. The van der Waals surface area contributed by atoms with Crippen LogP contribution in [0, 0.1) is 0 Å². The minimum atomic E-state index is -0.647. The van der Waals surface area contributed by atoms with Crippen LogP contribution >= 0.6 is 0 Å². The highest BCUT2D eigenvalue weighted by atomic mass is 16.2. The standard InChI is InChI=1S/C10H14N2O3/c11-6-2-1-3-8(7-13)12-9(14)4-5-10(12)15/h4-5,7-8H,1-3,6,11H2. The van der Waals surface area contributed by atoms with E-state index in [1.807, 2.05) is 0 Å². The molecule has 1 unspecified atom stereocenters. The fraction of sp³-hybridized carbons (Fsp3) is 0.500. The van der Waals surface area contributed by atoms with E-state index < -0.39 is 17.9 Å². The van der Waals surface area contributed by atoms with Crippen LogP contribution in [-0.2, 0) is 14.4 Å². The van der Waals surface area contributed by atoms with Gasteiger partial charge in [0.25, 0.3) is 11.8 Å². The molecule has 0 saturated heterocycles. The largest absolute Gasteiger partial charge is 0.330 e. The van der Waals surface area contributed by atoms with E-state index >= 15 is 0 Å². The number of amides is 2. The number of imide groups is 1. The summed E-state index contributed by atoms with van der Waals surface area (Å²) in [5.74, 6) is -0.824. The molecule has 0 fully saturated rings. The molecule has 0 aromatic rings. The lowest BCUT2D eigenvalue weighted by molar-refractivity contribution is -0.142. The zero-order valence-corrected chi connectivity index (χ0v) is 8.39. The van der Waals surface area contributed by atoms with Crippen LogP contribution in [0.15, 0.2) is 12.2 Å². The van der Waals surface area contributed by atoms with Crippen LogP contribution in [0.2, 0.25) is 0 Å². The molecule has 1 aliphatic heterocycles. The van der Waals surface area contributed by atoms with Crippen molar-refractivity contribution in [2.45, 2.75) is 25.3 Å². The van der Waals surface area contributed by atoms with Crippen LogP contribution < -0.4 is 5.73 Å². The minimum Gasteiger partial charge on any atom is -0.330 e. The van der Waals surface area contributed by atoms with Gasteiger partial charge in [-0.3, -0.25) is 14.5 Å². The van der Waals surface area contributed by atoms with Crippen LogP contribution in [0.1, 0.15) is 19.3 Å². The smallest absolute Gasteiger partial charge is 0.254 e. The van der Waals surface area contributed by atoms with Gasteiger partial charge in [-0.05, 0) is 25.8 Å². The van der Waals surface area contributed by atoms with Crippen molar-refractivity contribution in [1.29, 1.82) is 0 Å². The van der Waals surface area contributed by atoms with E-state index in [1.54, 1.807) is 0 Å². The van der Waals surface area contributed by atoms with Crippen LogP contribution in [0.3, 0.4) is 0 Å². The van der Waals surface area contributed by atoms with Gasteiger partial charge in [0.15, 0.2) is 0 Å². The predicted octanol–water partition coefficient (Wildman–Crippen LogP) is -0.392. The van der Waals surface area contributed by atoms with Crippen LogP contribution in [0.4, 0.5) is 0 Å². The van der Waals surface area contributed by atoms with Gasteiger partial charge in [-0.25, -0.2) is 0 Å². The van der Waals surface area contributed by atoms with Crippen LogP contribution in [0.5, 0.6) is 0 Å². The summed E-state index contributed by atoms with van der Waals surface area (Å²) in [7, 11) is 0. The Labute approximate surface area is 87.9 Å². The topological polar surface area (TPSA) is 80.5 Å². The molecule has 2 amide bonds. The molecule has 0 bridgehead atoms. The second-order valence-corrected chi connectivity index (χ2v) is 3.37. The highest BCUT2D eigenvalue weighted by Gasteiger charge is 2.30. The number of carbonyl (C=O) groups excluding carboxylic acids is 3. The number of unbranched alkanes of at least 4 members (excludes halogenated alkanes) is 1. The fourth-order valence-electron chi connectivity index (χ4n) is 1.49. The molecule has 0 spiro atoms. The van der Waals surface area contributed by atoms with E-state index in [0.717, 1.165) is 17.7 Å². The summed E-state index contributed by atoms with van der Waals surface area (Å²) in [5, 5.41) is 0. The van der Waals surface area contributed by atoms with Gasteiger partial charge in [0.2, 0.25) is 0 Å². The normalized spacial score (nSPS) is 17.3.